The number of nitrogens with zero attached hydrogens (tertiary/aromatic N) is 1. The van der Waals surface area contributed by atoms with Gasteiger partial charge in [-0.1, -0.05) is 6.07 Å². The van der Waals surface area contributed by atoms with Crippen molar-refractivity contribution in [3.63, 3.8) is 0 Å². The Morgan fingerprint density at radius 2 is 1.69 bits per heavy atom. The van der Waals surface area contributed by atoms with Crippen molar-refractivity contribution in [1.29, 1.82) is 0 Å². The van der Waals surface area contributed by atoms with E-state index in [1.165, 1.54) is 24.3 Å². The van der Waals surface area contributed by atoms with Crippen molar-refractivity contribution in [2.24, 2.45) is 0 Å². The minimum atomic E-state index is -3.67. The summed E-state index contributed by atoms with van der Waals surface area (Å²) < 4.78 is 40.4. The van der Waals surface area contributed by atoms with Gasteiger partial charge in [0, 0.05) is 37.7 Å². The molecule has 0 unspecified atom stereocenters. The number of nitrogens with one attached hydrogen (secondary N) is 2. The van der Waals surface area contributed by atoms with E-state index in [9.17, 15) is 22.4 Å². The van der Waals surface area contributed by atoms with Gasteiger partial charge in [0.25, 0.3) is 5.91 Å². The average Bonchev–Trinajstić information content (AvgIpc) is 2.76. The van der Waals surface area contributed by atoms with Gasteiger partial charge in [0.1, 0.15) is 5.82 Å². The number of carbonyl (C=O) groups excluding carboxylic acids is 2. The second-order valence-electron chi connectivity index (χ2n) is 8.03. The molecule has 7 nitrogen and oxygen atoms in total. The normalized spacial score (nSPS) is 14.9. The van der Waals surface area contributed by atoms with Gasteiger partial charge >= 0.3 is 0 Å². The number of halogens is 1. The molecule has 2 aromatic rings. The summed E-state index contributed by atoms with van der Waals surface area (Å²) in [6.45, 7) is 4.75. The van der Waals surface area contributed by atoms with Gasteiger partial charge in [0.2, 0.25) is 15.9 Å². The summed E-state index contributed by atoms with van der Waals surface area (Å²) in [5.74, 6) is -0.795. The third kappa shape index (κ3) is 6.14. The smallest absolute Gasteiger partial charge is 0.251 e. The van der Waals surface area contributed by atoms with Crippen LogP contribution in [-0.4, -0.2) is 50.8 Å². The highest BCUT2D eigenvalue weighted by molar-refractivity contribution is 7.89. The van der Waals surface area contributed by atoms with Crippen molar-refractivity contribution in [1.82, 2.24) is 14.9 Å². The molecule has 0 atom stereocenters. The van der Waals surface area contributed by atoms with Gasteiger partial charge in [-0.15, -0.1) is 0 Å². The number of piperidine rings is 1. The maximum Gasteiger partial charge on any atom is 0.251 e. The molecule has 3 rings (SSSR count). The Balaban J connectivity index is 1.43. The molecule has 1 heterocycles. The van der Waals surface area contributed by atoms with Crippen molar-refractivity contribution in [3.05, 3.63) is 65.0 Å². The standard InChI is InChI=1S/C23H28FN3O4S/c1-16-3-8-21(15-17(16)2)32(30,31)25-12-9-22(28)27-13-10-20(11-14-27)26-23(29)18-4-6-19(24)7-5-18/h3-8,15,20,25H,9-14H2,1-2H3,(H,26,29). The first-order valence-electron chi connectivity index (χ1n) is 10.6. The number of hydrogen-bond donors (Lipinski definition) is 2. The van der Waals surface area contributed by atoms with Crippen LogP contribution in [0.5, 0.6) is 0 Å². The van der Waals surface area contributed by atoms with E-state index >= 15 is 0 Å². The van der Waals surface area contributed by atoms with Crippen molar-refractivity contribution in [2.45, 2.75) is 44.0 Å². The Morgan fingerprint density at radius 1 is 1.03 bits per heavy atom. The number of benzene rings is 2. The molecule has 2 aromatic carbocycles. The molecular weight excluding hydrogens is 433 g/mol. The largest absolute Gasteiger partial charge is 0.349 e. The summed E-state index contributed by atoms with van der Waals surface area (Å²) in [5.41, 5.74) is 2.29. The molecule has 0 radical (unpaired) electrons. The Bertz CT molecular complexity index is 1080. The van der Waals surface area contributed by atoms with E-state index in [0.717, 1.165) is 11.1 Å². The molecule has 0 bridgehead atoms. The third-order valence-corrected chi connectivity index (χ3v) is 7.17. The van der Waals surface area contributed by atoms with Crippen LogP contribution in [0, 0.1) is 19.7 Å². The maximum atomic E-state index is 13.0. The first-order chi connectivity index (χ1) is 15.2. The highest BCUT2D eigenvalue weighted by atomic mass is 32.2. The molecular formula is C23H28FN3O4S. The molecule has 172 valence electrons. The molecule has 0 aromatic heterocycles. The minimum absolute atomic E-state index is 0.0231. The number of aryl methyl sites for hydroxylation is 2. The molecule has 0 aliphatic carbocycles. The van der Waals surface area contributed by atoms with Crippen LogP contribution in [0.1, 0.15) is 40.7 Å². The number of likely N-dealkylation sites (tertiary alicyclic amines) is 1. The van der Waals surface area contributed by atoms with Gasteiger partial charge in [0.05, 0.1) is 4.90 Å². The molecule has 1 aliphatic heterocycles. The molecule has 32 heavy (non-hydrogen) atoms. The summed E-state index contributed by atoms with van der Waals surface area (Å²) >= 11 is 0. The van der Waals surface area contributed by atoms with E-state index in [0.29, 0.717) is 31.5 Å². The van der Waals surface area contributed by atoms with Crippen LogP contribution >= 0.6 is 0 Å². The zero-order chi connectivity index (χ0) is 23.3. The number of carbonyl (C=O) groups is 2. The number of hydrogen-bond acceptors (Lipinski definition) is 4. The van der Waals surface area contributed by atoms with E-state index in [4.69, 9.17) is 0 Å². The Kier molecular flexibility index (Phi) is 7.63. The molecule has 1 fully saturated rings. The Morgan fingerprint density at radius 3 is 2.31 bits per heavy atom. The average molecular weight is 462 g/mol. The first kappa shape index (κ1) is 23.9. The van der Waals surface area contributed by atoms with Crippen molar-refractivity contribution >= 4 is 21.8 Å². The Labute approximate surface area is 188 Å². The zero-order valence-corrected chi connectivity index (χ0v) is 19.0. The second kappa shape index (κ2) is 10.2. The van der Waals surface area contributed by atoms with Crippen molar-refractivity contribution < 1.29 is 22.4 Å². The summed E-state index contributed by atoms with van der Waals surface area (Å²) in [7, 11) is -3.67. The van der Waals surface area contributed by atoms with E-state index in [-0.39, 0.29) is 35.7 Å². The van der Waals surface area contributed by atoms with E-state index in [1.807, 2.05) is 13.8 Å². The SMILES string of the molecule is Cc1ccc(S(=O)(=O)NCCC(=O)N2CCC(NC(=O)c3ccc(F)cc3)CC2)cc1C. The summed E-state index contributed by atoms with van der Waals surface area (Å²) in [6.07, 6.45) is 1.27. The topological polar surface area (TPSA) is 95.6 Å². The van der Waals surface area contributed by atoms with Gasteiger partial charge in [-0.3, -0.25) is 9.59 Å². The molecule has 9 heteroatoms. The van der Waals surface area contributed by atoms with Gasteiger partial charge in [-0.05, 0) is 74.2 Å². The molecule has 0 saturated carbocycles. The van der Waals surface area contributed by atoms with Gasteiger partial charge in [-0.2, -0.15) is 0 Å². The van der Waals surface area contributed by atoms with E-state index in [1.54, 1.807) is 23.1 Å². The minimum Gasteiger partial charge on any atom is -0.349 e. The van der Waals surface area contributed by atoms with Gasteiger partial charge in [0.15, 0.2) is 0 Å². The number of rotatable bonds is 7. The highest BCUT2D eigenvalue weighted by Crippen LogP contribution is 2.15. The molecule has 2 amide bonds. The fourth-order valence-electron chi connectivity index (χ4n) is 3.56. The predicted octanol–water partition coefficient (Wildman–Crippen LogP) is 2.53. The molecule has 1 aliphatic rings. The van der Waals surface area contributed by atoms with Crippen LogP contribution in [0.2, 0.25) is 0 Å². The zero-order valence-electron chi connectivity index (χ0n) is 18.2. The van der Waals surface area contributed by atoms with Crippen LogP contribution in [0.25, 0.3) is 0 Å². The van der Waals surface area contributed by atoms with Gasteiger partial charge in [-0.25, -0.2) is 17.5 Å². The number of sulfonamides is 1. The van der Waals surface area contributed by atoms with Crippen LogP contribution in [-0.2, 0) is 14.8 Å². The van der Waals surface area contributed by atoms with Crippen LogP contribution in [0.3, 0.4) is 0 Å². The quantitative estimate of drug-likeness (QED) is 0.662. The fraction of sp³-hybridized carbons (Fsp3) is 0.391. The van der Waals surface area contributed by atoms with Crippen LogP contribution < -0.4 is 10.0 Å². The van der Waals surface area contributed by atoms with E-state index < -0.39 is 15.8 Å². The second-order valence-corrected chi connectivity index (χ2v) is 9.80. The Hall–Kier alpha value is -2.78. The van der Waals surface area contributed by atoms with Gasteiger partial charge < -0.3 is 10.2 Å². The molecule has 0 spiro atoms. The number of amides is 2. The van der Waals surface area contributed by atoms with Crippen LogP contribution in [0.15, 0.2) is 47.4 Å². The lowest BCUT2D eigenvalue weighted by atomic mass is 10.0. The monoisotopic (exact) mass is 461 g/mol. The maximum absolute atomic E-state index is 13.0. The summed E-state index contributed by atoms with van der Waals surface area (Å²) in [4.78, 5) is 26.6. The fourth-order valence-corrected chi connectivity index (χ4v) is 4.67. The van der Waals surface area contributed by atoms with Crippen molar-refractivity contribution in [3.8, 4) is 0 Å². The summed E-state index contributed by atoms with van der Waals surface area (Å²) in [5, 5.41) is 2.91. The molecule has 2 N–H and O–H groups in total. The van der Waals surface area contributed by atoms with Crippen LogP contribution in [0.4, 0.5) is 4.39 Å². The highest BCUT2D eigenvalue weighted by Gasteiger charge is 2.24. The lowest BCUT2D eigenvalue weighted by Crippen LogP contribution is -2.47. The predicted molar refractivity (Wildman–Crippen MR) is 119 cm³/mol. The molecule has 1 saturated heterocycles. The first-order valence-corrected chi connectivity index (χ1v) is 12.0. The van der Waals surface area contributed by atoms with E-state index in [2.05, 4.69) is 10.0 Å². The van der Waals surface area contributed by atoms with Crippen molar-refractivity contribution in [2.75, 3.05) is 19.6 Å². The third-order valence-electron chi connectivity index (χ3n) is 5.71. The summed E-state index contributed by atoms with van der Waals surface area (Å²) in [6, 6.07) is 10.2. The lowest BCUT2D eigenvalue weighted by Gasteiger charge is -2.32. The lowest BCUT2D eigenvalue weighted by molar-refractivity contribution is -0.132.